The molecule has 0 aliphatic carbocycles. The van der Waals surface area contributed by atoms with Gasteiger partial charge in [0.25, 0.3) is 0 Å². The van der Waals surface area contributed by atoms with Gasteiger partial charge in [0.05, 0.1) is 24.7 Å². The van der Waals surface area contributed by atoms with Crippen molar-refractivity contribution in [3.8, 4) is 22.9 Å². The number of amides is 1. The molecule has 3 rings (SSSR count). The van der Waals surface area contributed by atoms with Crippen LogP contribution in [0.2, 0.25) is 0 Å². The minimum atomic E-state index is -0.0573. The second-order valence-corrected chi connectivity index (χ2v) is 6.85. The predicted octanol–water partition coefficient (Wildman–Crippen LogP) is 3.72. The maximum absolute atomic E-state index is 12.0. The monoisotopic (exact) mass is 444 g/mol. The second kappa shape index (κ2) is 9.89. The minimum absolute atomic E-state index is 0.0573. The number of hydrogen-bond acceptors (Lipinski definition) is 5. The Balaban J connectivity index is 1.40. The summed E-state index contributed by atoms with van der Waals surface area (Å²) in [4.78, 5) is 16.4. The Morgan fingerprint density at radius 1 is 1.18 bits per heavy atom. The number of ether oxygens (including phenoxy) is 2. The second-order valence-electron chi connectivity index (χ2n) is 5.99. The average molecular weight is 445 g/mol. The molecule has 7 nitrogen and oxygen atoms in total. The molecule has 2 N–H and O–H groups in total. The molecule has 1 amide bonds. The largest absolute Gasteiger partial charge is 0.497 e. The van der Waals surface area contributed by atoms with E-state index in [9.17, 15) is 4.79 Å². The first-order valence-corrected chi connectivity index (χ1v) is 9.65. The lowest BCUT2D eigenvalue weighted by molar-refractivity contribution is -0.121. The third-order valence-electron chi connectivity index (χ3n) is 3.98. The van der Waals surface area contributed by atoms with Crippen molar-refractivity contribution >= 4 is 21.8 Å². The number of rotatable bonds is 9. The van der Waals surface area contributed by atoms with Crippen LogP contribution in [0.25, 0.3) is 11.4 Å². The molecular weight excluding hydrogens is 424 g/mol. The number of halogens is 1. The van der Waals surface area contributed by atoms with Gasteiger partial charge in [-0.3, -0.25) is 9.89 Å². The number of nitrogens with one attached hydrogen (secondary N) is 2. The Kier molecular flexibility index (Phi) is 7.02. The van der Waals surface area contributed by atoms with Gasteiger partial charge in [-0.15, -0.1) is 0 Å². The molecule has 2 aromatic carbocycles. The van der Waals surface area contributed by atoms with Crippen molar-refractivity contribution < 1.29 is 14.3 Å². The zero-order valence-electron chi connectivity index (χ0n) is 15.4. The van der Waals surface area contributed by atoms with E-state index in [1.165, 1.54) is 0 Å². The van der Waals surface area contributed by atoms with E-state index in [1.807, 2.05) is 48.5 Å². The van der Waals surface area contributed by atoms with E-state index < -0.39 is 0 Å². The van der Waals surface area contributed by atoms with Crippen LogP contribution in [-0.4, -0.2) is 34.8 Å². The summed E-state index contributed by atoms with van der Waals surface area (Å²) in [5.74, 6) is 2.67. The highest BCUT2D eigenvalue weighted by Gasteiger charge is 2.08. The Morgan fingerprint density at radius 2 is 1.96 bits per heavy atom. The molecule has 0 aliphatic heterocycles. The van der Waals surface area contributed by atoms with E-state index in [0.29, 0.717) is 37.6 Å². The first kappa shape index (κ1) is 19.9. The quantitative estimate of drug-likeness (QED) is 0.490. The molecule has 0 fully saturated rings. The standard InChI is InChI=1S/C20H21BrN4O3/c1-27-15-10-8-14(9-11-15)20-23-18(24-25-20)13-22-19(26)7-4-12-28-17-6-3-2-5-16(17)21/h2-3,5-6,8-11H,4,7,12-13H2,1H3,(H,22,26)(H,23,24,25). The smallest absolute Gasteiger partial charge is 0.220 e. The Bertz CT molecular complexity index is 912. The molecule has 0 unspecified atom stereocenters. The molecule has 0 saturated heterocycles. The van der Waals surface area contributed by atoms with E-state index >= 15 is 0 Å². The zero-order chi connectivity index (χ0) is 19.8. The van der Waals surface area contributed by atoms with Gasteiger partial charge in [-0.1, -0.05) is 12.1 Å². The van der Waals surface area contributed by atoms with Crippen LogP contribution < -0.4 is 14.8 Å². The number of nitrogens with zero attached hydrogens (tertiary/aromatic N) is 2. The van der Waals surface area contributed by atoms with Crippen molar-refractivity contribution in [1.82, 2.24) is 20.5 Å². The molecule has 1 heterocycles. The lowest BCUT2D eigenvalue weighted by atomic mass is 10.2. The highest BCUT2D eigenvalue weighted by atomic mass is 79.9. The maximum Gasteiger partial charge on any atom is 0.220 e. The van der Waals surface area contributed by atoms with Crippen LogP contribution in [-0.2, 0) is 11.3 Å². The Labute approximate surface area is 171 Å². The number of carbonyl (C=O) groups excluding carboxylic acids is 1. The van der Waals surface area contributed by atoms with Crippen LogP contribution in [0, 0.1) is 0 Å². The summed E-state index contributed by atoms with van der Waals surface area (Å²) in [7, 11) is 1.62. The average Bonchev–Trinajstić information content (AvgIpc) is 3.20. The highest BCUT2D eigenvalue weighted by molar-refractivity contribution is 9.10. The number of carbonyl (C=O) groups is 1. The van der Waals surface area contributed by atoms with Gasteiger partial charge in [-0.25, -0.2) is 4.98 Å². The minimum Gasteiger partial charge on any atom is -0.497 e. The lowest BCUT2D eigenvalue weighted by Crippen LogP contribution is -2.23. The lowest BCUT2D eigenvalue weighted by Gasteiger charge is -2.07. The van der Waals surface area contributed by atoms with Gasteiger partial charge >= 0.3 is 0 Å². The van der Waals surface area contributed by atoms with Crippen molar-refractivity contribution in [2.75, 3.05) is 13.7 Å². The molecule has 0 aliphatic rings. The first-order chi connectivity index (χ1) is 13.7. The van der Waals surface area contributed by atoms with Gasteiger partial charge in [0.2, 0.25) is 5.91 Å². The Hall–Kier alpha value is -2.87. The molecule has 1 aromatic heterocycles. The number of para-hydroxylation sites is 1. The van der Waals surface area contributed by atoms with Gasteiger partial charge in [0, 0.05) is 12.0 Å². The molecule has 8 heteroatoms. The number of hydrogen-bond donors (Lipinski definition) is 2. The predicted molar refractivity (Wildman–Crippen MR) is 109 cm³/mol. The molecule has 146 valence electrons. The zero-order valence-corrected chi connectivity index (χ0v) is 17.0. The van der Waals surface area contributed by atoms with E-state index in [-0.39, 0.29) is 5.91 Å². The number of aromatic amines is 1. The fraction of sp³-hybridized carbons (Fsp3) is 0.250. The summed E-state index contributed by atoms with van der Waals surface area (Å²) >= 11 is 3.43. The van der Waals surface area contributed by atoms with Gasteiger partial charge in [-0.05, 0) is 58.7 Å². The summed E-state index contributed by atoms with van der Waals surface area (Å²) in [6, 6.07) is 15.1. The molecule has 0 bridgehead atoms. The van der Waals surface area contributed by atoms with Crippen molar-refractivity contribution in [2.24, 2.45) is 0 Å². The fourth-order valence-corrected chi connectivity index (χ4v) is 2.89. The summed E-state index contributed by atoms with van der Waals surface area (Å²) in [6.07, 6.45) is 1.00. The normalized spacial score (nSPS) is 10.5. The first-order valence-electron chi connectivity index (χ1n) is 8.85. The van der Waals surface area contributed by atoms with Gasteiger partial charge in [0.1, 0.15) is 17.3 Å². The van der Waals surface area contributed by atoms with Crippen LogP contribution >= 0.6 is 15.9 Å². The van der Waals surface area contributed by atoms with E-state index in [1.54, 1.807) is 7.11 Å². The van der Waals surface area contributed by atoms with Gasteiger partial charge in [-0.2, -0.15) is 5.10 Å². The molecule has 0 spiro atoms. The van der Waals surface area contributed by atoms with E-state index in [0.717, 1.165) is 21.5 Å². The van der Waals surface area contributed by atoms with Crippen LogP contribution in [0.1, 0.15) is 18.7 Å². The van der Waals surface area contributed by atoms with Crippen LogP contribution in [0.4, 0.5) is 0 Å². The molecule has 0 atom stereocenters. The SMILES string of the molecule is COc1ccc(-c2n[nH]c(CNC(=O)CCCOc3ccccc3Br)n2)cc1. The maximum atomic E-state index is 12.0. The Morgan fingerprint density at radius 3 is 2.71 bits per heavy atom. The summed E-state index contributed by atoms with van der Waals surface area (Å²) < 4.78 is 11.7. The molecular formula is C20H21BrN4O3. The molecule has 3 aromatic rings. The van der Waals surface area contributed by atoms with E-state index in [4.69, 9.17) is 9.47 Å². The van der Waals surface area contributed by atoms with Crippen molar-refractivity contribution in [3.63, 3.8) is 0 Å². The van der Waals surface area contributed by atoms with Gasteiger partial charge in [0.15, 0.2) is 5.82 Å². The van der Waals surface area contributed by atoms with Crippen LogP contribution in [0.5, 0.6) is 11.5 Å². The number of benzene rings is 2. The van der Waals surface area contributed by atoms with Crippen LogP contribution in [0.3, 0.4) is 0 Å². The topological polar surface area (TPSA) is 89.1 Å². The highest BCUT2D eigenvalue weighted by Crippen LogP contribution is 2.23. The number of methoxy groups -OCH3 is 1. The number of aromatic nitrogens is 3. The summed E-state index contributed by atoms with van der Waals surface area (Å²) in [5.41, 5.74) is 0.874. The number of H-pyrrole nitrogens is 1. The summed E-state index contributed by atoms with van der Waals surface area (Å²) in [6.45, 7) is 0.771. The van der Waals surface area contributed by atoms with Crippen molar-refractivity contribution in [3.05, 3.63) is 58.8 Å². The molecule has 0 radical (unpaired) electrons. The van der Waals surface area contributed by atoms with Crippen molar-refractivity contribution in [1.29, 1.82) is 0 Å². The van der Waals surface area contributed by atoms with E-state index in [2.05, 4.69) is 36.4 Å². The molecule has 0 saturated carbocycles. The fourth-order valence-electron chi connectivity index (χ4n) is 2.49. The van der Waals surface area contributed by atoms with Crippen molar-refractivity contribution in [2.45, 2.75) is 19.4 Å². The molecule has 28 heavy (non-hydrogen) atoms. The summed E-state index contributed by atoms with van der Waals surface area (Å²) in [5, 5.41) is 9.87. The van der Waals surface area contributed by atoms with Gasteiger partial charge < -0.3 is 14.8 Å². The third kappa shape index (κ3) is 5.56. The van der Waals surface area contributed by atoms with Crippen LogP contribution in [0.15, 0.2) is 53.0 Å². The third-order valence-corrected chi connectivity index (χ3v) is 4.63.